The molecule has 1 amide bonds. The number of nitriles is 1. The molecule has 0 saturated heterocycles. The van der Waals surface area contributed by atoms with Gasteiger partial charge in [0.15, 0.2) is 4.34 Å². The lowest BCUT2D eigenvalue weighted by atomic mass is 10.1. The third kappa shape index (κ3) is 3.94. The number of aromatic nitrogens is 1. The summed E-state index contributed by atoms with van der Waals surface area (Å²) in [6.45, 7) is 1.94. The molecule has 120 valence electrons. The summed E-state index contributed by atoms with van der Waals surface area (Å²) in [6.07, 6.45) is 5.50. The Balaban J connectivity index is 1.67. The number of anilines is 1. The lowest BCUT2D eigenvalue weighted by molar-refractivity contribution is -0.113. The fraction of sp³-hybridized carbons (Fsp3) is 0.438. The molecule has 0 spiro atoms. The first-order chi connectivity index (χ1) is 11.2. The highest BCUT2D eigenvalue weighted by atomic mass is 32.2. The minimum atomic E-state index is -0.0734. The van der Waals surface area contributed by atoms with Crippen molar-refractivity contribution in [1.82, 2.24) is 4.98 Å². The van der Waals surface area contributed by atoms with Crippen molar-refractivity contribution < 1.29 is 4.79 Å². The van der Waals surface area contributed by atoms with Crippen molar-refractivity contribution in [3.05, 3.63) is 27.1 Å². The average molecular weight is 364 g/mol. The Morgan fingerprint density at radius 3 is 3.00 bits per heavy atom. The Labute approximate surface area is 147 Å². The van der Waals surface area contributed by atoms with Gasteiger partial charge in [-0.1, -0.05) is 18.2 Å². The third-order valence-electron chi connectivity index (χ3n) is 3.71. The summed E-state index contributed by atoms with van der Waals surface area (Å²) in [4.78, 5) is 17.8. The van der Waals surface area contributed by atoms with Crippen molar-refractivity contribution in [2.45, 2.75) is 43.4 Å². The van der Waals surface area contributed by atoms with Gasteiger partial charge in [0.1, 0.15) is 11.1 Å². The number of carbonyl (C=O) groups excluding carboxylic acids is 1. The lowest BCUT2D eigenvalue weighted by Gasteiger charge is -2.03. The van der Waals surface area contributed by atoms with E-state index in [4.69, 9.17) is 0 Å². The number of hydrogen-bond donors (Lipinski definition) is 1. The molecular formula is C16H17N3OS3. The molecule has 0 unspecified atom stereocenters. The zero-order valence-electron chi connectivity index (χ0n) is 12.8. The molecule has 1 aliphatic rings. The van der Waals surface area contributed by atoms with Crippen molar-refractivity contribution in [3.8, 4) is 6.07 Å². The van der Waals surface area contributed by atoms with E-state index in [1.54, 1.807) is 22.7 Å². The molecule has 2 aromatic heterocycles. The van der Waals surface area contributed by atoms with E-state index in [2.05, 4.69) is 16.4 Å². The summed E-state index contributed by atoms with van der Waals surface area (Å²) in [6, 6.07) is 2.29. The summed E-state index contributed by atoms with van der Waals surface area (Å²) >= 11 is 4.57. The summed E-state index contributed by atoms with van der Waals surface area (Å²) < 4.78 is 0.903. The maximum Gasteiger partial charge on any atom is 0.235 e. The maximum atomic E-state index is 12.2. The van der Waals surface area contributed by atoms with E-state index in [-0.39, 0.29) is 5.91 Å². The number of nitrogens with one attached hydrogen (secondary N) is 1. The van der Waals surface area contributed by atoms with Gasteiger partial charge in [-0.15, -0.1) is 22.7 Å². The van der Waals surface area contributed by atoms with Crippen LogP contribution in [0, 0.1) is 18.3 Å². The van der Waals surface area contributed by atoms with Gasteiger partial charge in [0.25, 0.3) is 0 Å². The molecule has 2 heterocycles. The fourth-order valence-electron chi connectivity index (χ4n) is 2.64. The Morgan fingerprint density at radius 1 is 1.43 bits per heavy atom. The molecule has 2 aromatic rings. The van der Waals surface area contributed by atoms with Crippen molar-refractivity contribution in [2.24, 2.45) is 0 Å². The van der Waals surface area contributed by atoms with E-state index in [1.165, 1.54) is 29.5 Å². The predicted molar refractivity (Wildman–Crippen MR) is 96.5 cm³/mol. The van der Waals surface area contributed by atoms with E-state index in [0.717, 1.165) is 39.9 Å². The topological polar surface area (TPSA) is 65.8 Å². The van der Waals surface area contributed by atoms with Crippen LogP contribution in [0.2, 0.25) is 0 Å². The van der Waals surface area contributed by atoms with Crippen LogP contribution in [0.15, 0.2) is 9.72 Å². The highest BCUT2D eigenvalue weighted by Crippen LogP contribution is 2.37. The molecule has 0 radical (unpaired) electrons. The molecule has 3 rings (SSSR count). The predicted octanol–water partition coefficient (Wildman–Crippen LogP) is 4.38. The van der Waals surface area contributed by atoms with E-state index < -0.39 is 0 Å². The van der Waals surface area contributed by atoms with Gasteiger partial charge in [0, 0.05) is 16.0 Å². The fourth-order valence-corrected chi connectivity index (χ4v) is 5.54. The zero-order valence-corrected chi connectivity index (χ0v) is 15.3. The van der Waals surface area contributed by atoms with E-state index in [0.29, 0.717) is 11.3 Å². The van der Waals surface area contributed by atoms with Gasteiger partial charge < -0.3 is 5.32 Å². The zero-order chi connectivity index (χ0) is 16.2. The monoisotopic (exact) mass is 363 g/mol. The standard InChI is InChI=1S/C16H17N3OS3/c1-10-8-21-16(18-10)22-9-14(20)19-15-12(7-17)11-5-3-2-4-6-13(11)23-15/h8H,2-6,9H2,1H3,(H,19,20). The minimum absolute atomic E-state index is 0.0734. The first kappa shape index (κ1) is 16.5. The molecule has 23 heavy (non-hydrogen) atoms. The van der Waals surface area contributed by atoms with Crippen molar-refractivity contribution >= 4 is 45.3 Å². The molecule has 1 aliphatic carbocycles. The number of thiophene rings is 1. The molecule has 0 saturated carbocycles. The van der Waals surface area contributed by atoms with E-state index in [1.807, 2.05) is 12.3 Å². The molecule has 0 bridgehead atoms. The SMILES string of the molecule is Cc1csc(SCC(=O)Nc2sc3c(c2C#N)CCCCC3)n1. The van der Waals surface area contributed by atoms with Crippen molar-refractivity contribution in [2.75, 3.05) is 11.1 Å². The van der Waals surface area contributed by atoms with Gasteiger partial charge in [-0.25, -0.2) is 4.98 Å². The second-order valence-corrected chi connectivity index (χ2v) is 8.66. The molecule has 0 aliphatic heterocycles. The maximum absolute atomic E-state index is 12.2. The Bertz CT molecular complexity index is 757. The largest absolute Gasteiger partial charge is 0.316 e. The van der Waals surface area contributed by atoms with Gasteiger partial charge in [-0.2, -0.15) is 5.26 Å². The second kappa shape index (κ2) is 7.47. The van der Waals surface area contributed by atoms with E-state index in [9.17, 15) is 10.1 Å². The number of amides is 1. The van der Waals surface area contributed by atoms with Gasteiger partial charge in [0.05, 0.1) is 11.3 Å². The molecule has 0 atom stereocenters. The smallest absolute Gasteiger partial charge is 0.235 e. The van der Waals surface area contributed by atoms with Crippen LogP contribution in [0.4, 0.5) is 5.00 Å². The number of aryl methyl sites for hydroxylation is 2. The molecule has 7 heteroatoms. The normalized spacial score (nSPS) is 13.9. The van der Waals surface area contributed by atoms with Crippen LogP contribution in [0.3, 0.4) is 0 Å². The second-order valence-electron chi connectivity index (χ2n) is 5.47. The molecule has 0 aromatic carbocycles. The number of thioether (sulfide) groups is 1. The van der Waals surface area contributed by atoms with Gasteiger partial charge in [-0.05, 0) is 38.2 Å². The van der Waals surface area contributed by atoms with Crippen LogP contribution < -0.4 is 5.32 Å². The van der Waals surface area contributed by atoms with Crippen LogP contribution in [-0.4, -0.2) is 16.6 Å². The van der Waals surface area contributed by atoms with Crippen LogP contribution in [0.25, 0.3) is 0 Å². The van der Waals surface area contributed by atoms with E-state index >= 15 is 0 Å². The highest BCUT2D eigenvalue weighted by molar-refractivity contribution is 8.01. The van der Waals surface area contributed by atoms with Gasteiger partial charge >= 0.3 is 0 Å². The Kier molecular flexibility index (Phi) is 5.36. The molecule has 4 nitrogen and oxygen atoms in total. The Morgan fingerprint density at radius 2 is 2.26 bits per heavy atom. The van der Waals surface area contributed by atoms with Crippen LogP contribution in [0.5, 0.6) is 0 Å². The highest BCUT2D eigenvalue weighted by Gasteiger charge is 2.21. The quantitative estimate of drug-likeness (QED) is 0.646. The van der Waals surface area contributed by atoms with Crippen LogP contribution in [-0.2, 0) is 17.6 Å². The molecule has 1 N–H and O–H groups in total. The van der Waals surface area contributed by atoms with Gasteiger partial charge in [0.2, 0.25) is 5.91 Å². The number of hydrogen-bond acceptors (Lipinski definition) is 6. The van der Waals surface area contributed by atoms with Crippen molar-refractivity contribution in [1.29, 1.82) is 5.26 Å². The number of rotatable bonds is 4. The summed E-state index contributed by atoms with van der Waals surface area (Å²) in [5.74, 6) is 0.246. The summed E-state index contributed by atoms with van der Waals surface area (Å²) in [5, 5.41) is 15.1. The number of carbonyl (C=O) groups is 1. The first-order valence-corrected chi connectivity index (χ1v) is 10.2. The number of nitrogens with zero attached hydrogens (tertiary/aromatic N) is 2. The molecular weight excluding hydrogens is 346 g/mol. The van der Waals surface area contributed by atoms with Crippen LogP contribution in [0.1, 0.15) is 41.0 Å². The summed E-state index contributed by atoms with van der Waals surface area (Å²) in [5.41, 5.74) is 2.82. The number of fused-ring (bicyclic) bond motifs is 1. The molecule has 0 fully saturated rings. The minimum Gasteiger partial charge on any atom is -0.316 e. The average Bonchev–Trinajstić information content (AvgIpc) is 3.01. The Hall–Kier alpha value is -1.36. The lowest BCUT2D eigenvalue weighted by Crippen LogP contribution is -2.13. The first-order valence-electron chi connectivity index (χ1n) is 7.57. The van der Waals surface area contributed by atoms with Crippen LogP contribution >= 0.6 is 34.4 Å². The van der Waals surface area contributed by atoms with Crippen molar-refractivity contribution in [3.63, 3.8) is 0 Å². The summed E-state index contributed by atoms with van der Waals surface area (Å²) in [7, 11) is 0. The van der Waals surface area contributed by atoms with Gasteiger partial charge in [-0.3, -0.25) is 4.79 Å². The number of thiazole rings is 1. The third-order valence-corrected chi connectivity index (χ3v) is 7.06.